The lowest BCUT2D eigenvalue weighted by atomic mass is 10.1. The van der Waals surface area contributed by atoms with Gasteiger partial charge in [-0.15, -0.1) is 11.8 Å². The fourth-order valence-corrected chi connectivity index (χ4v) is 4.69. The standard InChI is InChI=1S/C34H31N3O6S/c1-3-43-27-15-10-23(11-16-27)19-30(37-32(39)24-7-5-4-6-8-24)33(40)35-26-13-17-28(18-14-26)44-21-31(38)36-29-20-25(34(41)42)12-9-22(29)2/h4-20H,3,21H2,1-2H3,(H,35,40)(H,36,38)(H,37,39)(H,41,42)/b30-19-. The first-order valence-corrected chi connectivity index (χ1v) is 14.7. The number of aromatic carboxylic acids is 1. The van der Waals surface area contributed by atoms with E-state index in [1.807, 2.05) is 6.92 Å². The molecule has 9 nitrogen and oxygen atoms in total. The van der Waals surface area contributed by atoms with Crippen LogP contribution in [-0.4, -0.2) is 41.2 Å². The number of hydrogen-bond acceptors (Lipinski definition) is 6. The van der Waals surface area contributed by atoms with Crippen LogP contribution in [0.1, 0.15) is 38.8 Å². The summed E-state index contributed by atoms with van der Waals surface area (Å²) in [5.74, 6) is -1.49. The van der Waals surface area contributed by atoms with E-state index in [-0.39, 0.29) is 22.9 Å². The highest BCUT2D eigenvalue weighted by atomic mass is 32.2. The van der Waals surface area contributed by atoms with E-state index in [0.29, 0.717) is 34.9 Å². The van der Waals surface area contributed by atoms with Crippen LogP contribution in [-0.2, 0) is 9.59 Å². The lowest BCUT2D eigenvalue weighted by Gasteiger charge is -2.12. The summed E-state index contributed by atoms with van der Waals surface area (Å²) in [5, 5.41) is 17.5. The molecule has 4 aromatic carbocycles. The van der Waals surface area contributed by atoms with Gasteiger partial charge in [-0.3, -0.25) is 14.4 Å². The summed E-state index contributed by atoms with van der Waals surface area (Å²) < 4.78 is 5.48. The molecule has 0 spiro atoms. The van der Waals surface area contributed by atoms with E-state index in [9.17, 15) is 24.3 Å². The van der Waals surface area contributed by atoms with Crippen molar-refractivity contribution in [3.05, 3.63) is 125 Å². The molecule has 3 amide bonds. The molecule has 4 rings (SSSR count). The minimum atomic E-state index is -1.07. The summed E-state index contributed by atoms with van der Waals surface area (Å²) in [4.78, 5) is 50.7. The van der Waals surface area contributed by atoms with Crippen molar-refractivity contribution in [3.63, 3.8) is 0 Å². The van der Waals surface area contributed by atoms with Gasteiger partial charge in [-0.2, -0.15) is 0 Å². The van der Waals surface area contributed by atoms with Crippen molar-refractivity contribution in [2.75, 3.05) is 23.0 Å². The van der Waals surface area contributed by atoms with Crippen molar-refractivity contribution >= 4 is 52.9 Å². The van der Waals surface area contributed by atoms with Crippen LogP contribution in [0.5, 0.6) is 5.75 Å². The zero-order valence-corrected chi connectivity index (χ0v) is 24.9. The molecule has 0 atom stereocenters. The number of carboxylic acids is 1. The third kappa shape index (κ3) is 9.07. The number of thioether (sulfide) groups is 1. The molecule has 0 aliphatic carbocycles. The van der Waals surface area contributed by atoms with Gasteiger partial charge in [-0.25, -0.2) is 4.79 Å². The van der Waals surface area contributed by atoms with E-state index in [0.717, 1.165) is 10.5 Å². The van der Waals surface area contributed by atoms with E-state index in [1.165, 1.54) is 23.9 Å². The maximum atomic E-state index is 13.3. The molecule has 10 heteroatoms. The molecule has 0 unspecified atom stereocenters. The smallest absolute Gasteiger partial charge is 0.335 e. The molecular formula is C34H31N3O6S. The Bertz CT molecular complexity index is 1670. The molecule has 0 aliphatic rings. The van der Waals surface area contributed by atoms with Gasteiger partial charge in [0, 0.05) is 21.8 Å². The Kier molecular flexibility index (Phi) is 10.9. The van der Waals surface area contributed by atoms with Gasteiger partial charge in [0.15, 0.2) is 0 Å². The summed E-state index contributed by atoms with van der Waals surface area (Å²) in [6.07, 6.45) is 1.59. The molecule has 0 saturated carbocycles. The Labute approximate surface area is 259 Å². The van der Waals surface area contributed by atoms with Crippen LogP contribution in [0.15, 0.2) is 108 Å². The lowest BCUT2D eigenvalue weighted by molar-refractivity contribution is -0.114. The molecular weight excluding hydrogens is 578 g/mol. The molecule has 4 N–H and O–H groups in total. The second-order valence-electron chi connectivity index (χ2n) is 9.53. The topological polar surface area (TPSA) is 134 Å². The first-order valence-electron chi connectivity index (χ1n) is 13.7. The van der Waals surface area contributed by atoms with Crippen molar-refractivity contribution in [1.29, 1.82) is 0 Å². The van der Waals surface area contributed by atoms with Crippen LogP contribution in [0.2, 0.25) is 0 Å². The van der Waals surface area contributed by atoms with E-state index in [2.05, 4.69) is 16.0 Å². The normalized spacial score (nSPS) is 10.9. The second-order valence-corrected chi connectivity index (χ2v) is 10.6. The number of aryl methyl sites for hydroxylation is 1. The highest BCUT2D eigenvalue weighted by molar-refractivity contribution is 8.00. The van der Waals surface area contributed by atoms with Crippen LogP contribution in [0, 0.1) is 6.92 Å². The molecule has 0 aliphatic heterocycles. The molecule has 0 heterocycles. The van der Waals surface area contributed by atoms with Crippen LogP contribution in [0.25, 0.3) is 6.08 Å². The predicted octanol–water partition coefficient (Wildman–Crippen LogP) is 6.23. The SMILES string of the molecule is CCOc1ccc(/C=C(\NC(=O)c2ccccc2)C(=O)Nc2ccc(SCC(=O)Nc3cc(C(=O)O)ccc3C)cc2)cc1. The average molecular weight is 610 g/mol. The number of anilines is 2. The van der Waals surface area contributed by atoms with Gasteiger partial charge in [-0.05, 0) is 91.7 Å². The number of rotatable bonds is 12. The third-order valence-corrected chi connectivity index (χ3v) is 7.28. The molecule has 4 aromatic rings. The summed E-state index contributed by atoms with van der Waals surface area (Å²) in [6, 6.07) is 27.3. The van der Waals surface area contributed by atoms with Crippen molar-refractivity contribution in [3.8, 4) is 5.75 Å². The molecule has 224 valence electrons. The fraction of sp³-hybridized carbons (Fsp3) is 0.118. The van der Waals surface area contributed by atoms with Gasteiger partial charge in [-0.1, -0.05) is 36.4 Å². The average Bonchev–Trinajstić information content (AvgIpc) is 3.02. The summed E-state index contributed by atoms with van der Waals surface area (Å²) in [6.45, 7) is 4.21. The number of carbonyl (C=O) groups is 4. The monoisotopic (exact) mass is 609 g/mol. The van der Waals surface area contributed by atoms with Gasteiger partial charge in [0.25, 0.3) is 11.8 Å². The predicted molar refractivity (Wildman–Crippen MR) is 172 cm³/mol. The van der Waals surface area contributed by atoms with E-state index in [4.69, 9.17) is 4.74 Å². The van der Waals surface area contributed by atoms with Crippen molar-refractivity contribution in [2.45, 2.75) is 18.7 Å². The van der Waals surface area contributed by atoms with Crippen LogP contribution in [0.3, 0.4) is 0 Å². The van der Waals surface area contributed by atoms with Crippen molar-refractivity contribution in [1.82, 2.24) is 5.32 Å². The van der Waals surface area contributed by atoms with Crippen LogP contribution < -0.4 is 20.7 Å². The Balaban J connectivity index is 1.41. The van der Waals surface area contributed by atoms with Gasteiger partial charge in [0.1, 0.15) is 11.4 Å². The largest absolute Gasteiger partial charge is 0.494 e. The van der Waals surface area contributed by atoms with Gasteiger partial charge < -0.3 is 25.8 Å². The Morgan fingerprint density at radius 1 is 0.841 bits per heavy atom. The number of hydrogen-bond donors (Lipinski definition) is 4. The maximum absolute atomic E-state index is 13.3. The van der Waals surface area contributed by atoms with Crippen LogP contribution >= 0.6 is 11.8 Å². The molecule has 0 radical (unpaired) electrons. The summed E-state index contributed by atoms with van der Waals surface area (Å²) >= 11 is 1.29. The third-order valence-electron chi connectivity index (χ3n) is 6.27. The van der Waals surface area contributed by atoms with Crippen LogP contribution in [0.4, 0.5) is 11.4 Å². The number of amides is 3. The van der Waals surface area contributed by atoms with Gasteiger partial charge in [0.2, 0.25) is 5.91 Å². The zero-order chi connectivity index (χ0) is 31.5. The Morgan fingerprint density at radius 2 is 1.55 bits per heavy atom. The number of carboxylic acid groups (broad SMARTS) is 1. The quantitative estimate of drug-likeness (QED) is 0.110. The van der Waals surface area contributed by atoms with Gasteiger partial charge >= 0.3 is 5.97 Å². The van der Waals surface area contributed by atoms with Crippen molar-refractivity contribution in [2.24, 2.45) is 0 Å². The number of ether oxygens (including phenoxy) is 1. The van der Waals surface area contributed by atoms with Crippen molar-refractivity contribution < 1.29 is 29.0 Å². The number of nitrogens with one attached hydrogen (secondary N) is 3. The molecule has 0 fully saturated rings. The first kappa shape index (κ1) is 31.6. The molecule has 0 saturated heterocycles. The van der Waals surface area contributed by atoms with Gasteiger partial charge in [0.05, 0.1) is 17.9 Å². The molecule has 0 aromatic heterocycles. The summed E-state index contributed by atoms with van der Waals surface area (Å²) in [5.41, 5.74) is 2.95. The maximum Gasteiger partial charge on any atom is 0.335 e. The van der Waals surface area contributed by atoms with E-state index >= 15 is 0 Å². The fourth-order valence-electron chi connectivity index (χ4n) is 3.99. The minimum Gasteiger partial charge on any atom is -0.494 e. The number of carbonyl (C=O) groups excluding carboxylic acids is 3. The summed E-state index contributed by atoms with van der Waals surface area (Å²) in [7, 11) is 0. The second kappa shape index (κ2) is 15.2. The molecule has 44 heavy (non-hydrogen) atoms. The Morgan fingerprint density at radius 3 is 2.20 bits per heavy atom. The van der Waals surface area contributed by atoms with E-state index < -0.39 is 17.8 Å². The molecule has 0 bridgehead atoms. The Hall–Kier alpha value is -5.35. The minimum absolute atomic E-state index is 0.0559. The first-order chi connectivity index (χ1) is 21.2. The highest BCUT2D eigenvalue weighted by Gasteiger charge is 2.16. The number of benzene rings is 4. The lowest BCUT2D eigenvalue weighted by Crippen LogP contribution is -2.30. The zero-order valence-electron chi connectivity index (χ0n) is 24.1. The van der Waals surface area contributed by atoms with E-state index in [1.54, 1.807) is 97.9 Å². The highest BCUT2D eigenvalue weighted by Crippen LogP contribution is 2.23.